The molecule has 2 fully saturated rings. The molecule has 0 unspecified atom stereocenters. The molecule has 7 atom stereocenters. The first-order valence-corrected chi connectivity index (χ1v) is 13.4. The van der Waals surface area contributed by atoms with E-state index >= 15 is 0 Å². The number of halogens is 1. The Morgan fingerprint density at radius 1 is 1.19 bits per heavy atom. The number of benzene rings is 1. The zero-order valence-corrected chi connectivity index (χ0v) is 23.6. The number of aliphatic hydroxyl groups is 1. The smallest absolute Gasteiger partial charge is 0.409 e. The second kappa shape index (κ2) is 10.1. The van der Waals surface area contributed by atoms with Crippen molar-refractivity contribution in [2.45, 2.75) is 84.3 Å². The molecule has 2 amide bonds. The summed E-state index contributed by atoms with van der Waals surface area (Å²) >= 11 is 6.65. The van der Waals surface area contributed by atoms with Crippen LogP contribution in [-0.2, 0) is 20.7 Å². The van der Waals surface area contributed by atoms with E-state index in [1.54, 1.807) is 11.9 Å². The van der Waals surface area contributed by atoms with Gasteiger partial charge in [-0.1, -0.05) is 62.2 Å². The third-order valence-corrected chi connectivity index (χ3v) is 9.04. The Bertz CT molecular complexity index is 1150. The molecule has 0 aliphatic carbocycles. The van der Waals surface area contributed by atoms with Gasteiger partial charge in [0.2, 0.25) is 5.91 Å². The number of hydrogen-bond acceptors (Lipinski definition) is 5. The van der Waals surface area contributed by atoms with E-state index in [2.05, 4.69) is 5.32 Å². The molecule has 0 aromatic heterocycles. The number of carbonyl (C=O) groups is 2. The van der Waals surface area contributed by atoms with Gasteiger partial charge < -0.3 is 19.5 Å². The average molecular weight is 531 g/mol. The first kappa shape index (κ1) is 27.7. The zero-order chi connectivity index (χ0) is 27.3. The Labute approximate surface area is 224 Å². The largest absolute Gasteiger partial charge is 0.446 e. The van der Waals surface area contributed by atoms with Gasteiger partial charge >= 0.3 is 6.09 Å². The van der Waals surface area contributed by atoms with E-state index in [0.717, 1.165) is 16.7 Å². The summed E-state index contributed by atoms with van der Waals surface area (Å²) in [6.45, 7) is 11.9. The fourth-order valence-electron chi connectivity index (χ4n) is 5.63. The summed E-state index contributed by atoms with van der Waals surface area (Å²) < 4.78 is 11.8. The van der Waals surface area contributed by atoms with Crippen LogP contribution in [0.2, 0.25) is 5.02 Å². The molecule has 0 spiro atoms. The molecular weight excluding hydrogens is 492 g/mol. The van der Waals surface area contributed by atoms with Crippen LogP contribution in [0.15, 0.2) is 35.9 Å². The van der Waals surface area contributed by atoms with Gasteiger partial charge in [-0.15, -0.1) is 0 Å². The third-order valence-electron chi connectivity index (χ3n) is 8.55. The van der Waals surface area contributed by atoms with Crippen LogP contribution in [0.25, 0.3) is 0 Å². The predicted octanol–water partition coefficient (Wildman–Crippen LogP) is 5.31. The number of rotatable bonds is 0. The Morgan fingerprint density at radius 2 is 1.89 bits per heavy atom. The second-order valence-corrected chi connectivity index (χ2v) is 11.8. The highest BCUT2D eigenvalue weighted by atomic mass is 35.5. The number of amides is 2. The molecule has 37 heavy (non-hydrogen) atoms. The van der Waals surface area contributed by atoms with Gasteiger partial charge in [0.05, 0.1) is 22.4 Å². The van der Waals surface area contributed by atoms with Crippen LogP contribution in [0.3, 0.4) is 0 Å². The third kappa shape index (κ3) is 5.45. The van der Waals surface area contributed by atoms with Crippen LogP contribution in [0.1, 0.15) is 58.6 Å². The zero-order valence-electron chi connectivity index (χ0n) is 22.8. The number of fused-ring (bicyclic) bond motifs is 5. The fraction of sp³-hybridized carbons (Fsp3) is 0.586. The maximum Gasteiger partial charge on any atom is 0.409 e. The highest BCUT2D eigenvalue weighted by Crippen LogP contribution is 2.50. The number of nitrogens with one attached hydrogen (secondary N) is 1. The number of hydrogen-bond donors (Lipinski definition) is 2. The van der Waals surface area contributed by atoms with E-state index in [1.807, 2.05) is 71.9 Å². The summed E-state index contributed by atoms with van der Waals surface area (Å²) in [5, 5.41) is 14.6. The summed E-state index contributed by atoms with van der Waals surface area (Å²) in [7, 11) is 1.76. The minimum Gasteiger partial charge on any atom is -0.446 e. The number of aryl methyl sites for hydroxylation is 1. The number of carbonyl (C=O) groups excluding carboxylic acids is 2. The predicted molar refractivity (Wildman–Crippen MR) is 145 cm³/mol. The summed E-state index contributed by atoms with van der Waals surface area (Å²) in [5.41, 5.74) is 1.81. The molecule has 4 bridgehead atoms. The van der Waals surface area contributed by atoms with Crippen LogP contribution in [0.4, 0.5) is 10.5 Å². The highest BCUT2D eigenvalue weighted by molar-refractivity contribution is 6.34. The van der Waals surface area contributed by atoms with E-state index in [-0.39, 0.29) is 42.6 Å². The average Bonchev–Trinajstić information content (AvgIpc) is 3.51. The maximum absolute atomic E-state index is 13.4. The summed E-state index contributed by atoms with van der Waals surface area (Å²) in [6, 6.07) is 4.03. The van der Waals surface area contributed by atoms with Gasteiger partial charge in [0.25, 0.3) is 0 Å². The van der Waals surface area contributed by atoms with Gasteiger partial charge in [0.15, 0.2) is 0 Å². The second-order valence-electron chi connectivity index (χ2n) is 11.4. The Kier molecular flexibility index (Phi) is 7.54. The molecule has 3 heterocycles. The van der Waals surface area contributed by atoms with Gasteiger partial charge in [0, 0.05) is 31.7 Å². The molecule has 2 N–H and O–H groups in total. The summed E-state index contributed by atoms with van der Waals surface area (Å²) in [6.07, 6.45) is 5.66. The van der Waals surface area contributed by atoms with Crippen LogP contribution in [0, 0.1) is 24.7 Å². The van der Waals surface area contributed by atoms with E-state index in [0.29, 0.717) is 17.1 Å². The van der Waals surface area contributed by atoms with Crippen molar-refractivity contribution in [3.63, 3.8) is 0 Å². The lowest BCUT2D eigenvalue weighted by molar-refractivity contribution is -0.119. The fourth-order valence-corrected chi connectivity index (χ4v) is 5.87. The van der Waals surface area contributed by atoms with Gasteiger partial charge in [-0.2, -0.15) is 0 Å². The van der Waals surface area contributed by atoms with Crippen molar-refractivity contribution in [2.75, 3.05) is 11.9 Å². The maximum atomic E-state index is 13.4. The minimum atomic E-state index is -1.44. The van der Waals surface area contributed by atoms with E-state index in [4.69, 9.17) is 21.1 Å². The molecule has 1 aromatic rings. The van der Waals surface area contributed by atoms with Crippen molar-refractivity contribution in [1.29, 1.82) is 0 Å². The van der Waals surface area contributed by atoms with Crippen LogP contribution in [0.5, 0.6) is 0 Å². The molecular formula is C29H39ClN2O5. The SMILES string of the molecule is C/C1=C/C=C/[C@@H](C)[C@@]2(O)C[C@H](OC(=O)N2)[C@@H](C)[C@@H]2O[C@]2(C)[C@@H](C)CC(=O)N(C)c2cc(cc(C)c2Cl)C1. The van der Waals surface area contributed by atoms with Gasteiger partial charge in [-0.05, 0) is 50.3 Å². The normalized spacial score (nSPS) is 39.1. The first-order chi connectivity index (χ1) is 17.2. The van der Waals surface area contributed by atoms with E-state index < -0.39 is 23.5 Å². The van der Waals surface area contributed by atoms with Crippen LogP contribution >= 0.6 is 11.6 Å². The van der Waals surface area contributed by atoms with Crippen molar-refractivity contribution in [1.82, 2.24) is 5.32 Å². The van der Waals surface area contributed by atoms with Gasteiger partial charge in [-0.25, -0.2) is 4.79 Å². The minimum absolute atomic E-state index is 0.0429. The lowest BCUT2D eigenvalue weighted by atomic mass is 9.80. The Balaban J connectivity index is 1.71. The quantitative estimate of drug-likeness (QED) is 0.443. The lowest BCUT2D eigenvalue weighted by Gasteiger charge is -2.41. The summed E-state index contributed by atoms with van der Waals surface area (Å²) in [4.78, 5) is 27.4. The van der Waals surface area contributed by atoms with Crippen molar-refractivity contribution in [3.05, 3.63) is 52.1 Å². The Hall–Kier alpha value is -2.35. The summed E-state index contributed by atoms with van der Waals surface area (Å²) in [5.74, 6) is -0.628. The monoisotopic (exact) mass is 530 g/mol. The standard InChI is InChI=1S/C29H39ClN2O5/c1-16-9-8-10-18(3)29(35)15-23(36-27(34)31-29)20(5)26-28(6,37-26)19(4)13-24(33)32(7)22-14-21(11-16)12-17(2)25(22)30/h8-10,12,14,18-20,23,26,35H,11,13,15H2,1-7H3,(H,31,34)/b10-8+,16-9-/t18-,19+,20-,23+,26+,28-,29+/m1/s1. The number of allylic oxidation sites excluding steroid dienone is 3. The van der Waals surface area contributed by atoms with Gasteiger partial charge in [0.1, 0.15) is 11.8 Å². The molecule has 0 radical (unpaired) electrons. The molecule has 3 aliphatic heterocycles. The molecule has 2 saturated heterocycles. The number of anilines is 1. The number of ether oxygens (including phenoxy) is 2. The molecule has 4 rings (SSSR count). The molecule has 7 nitrogen and oxygen atoms in total. The van der Waals surface area contributed by atoms with Gasteiger partial charge in [-0.3, -0.25) is 10.1 Å². The molecule has 1 aromatic carbocycles. The number of alkyl carbamates (subject to hydrolysis) is 1. The Morgan fingerprint density at radius 3 is 2.59 bits per heavy atom. The molecule has 202 valence electrons. The van der Waals surface area contributed by atoms with Crippen LogP contribution < -0.4 is 10.2 Å². The molecule has 3 aliphatic rings. The van der Waals surface area contributed by atoms with E-state index in [9.17, 15) is 14.7 Å². The number of nitrogens with zero attached hydrogens (tertiary/aromatic N) is 1. The highest BCUT2D eigenvalue weighted by Gasteiger charge is 2.61. The van der Waals surface area contributed by atoms with Crippen molar-refractivity contribution in [3.8, 4) is 0 Å². The first-order valence-electron chi connectivity index (χ1n) is 13.0. The number of epoxide rings is 1. The van der Waals surface area contributed by atoms with Crippen LogP contribution in [-0.4, -0.2) is 47.7 Å². The topological polar surface area (TPSA) is 91.4 Å². The van der Waals surface area contributed by atoms with Crippen molar-refractivity contribution >= 4 is 29.3 Å². The van der Waals surface area contributed by atoms with Crippen molar-refractivity contribution in [2.24, 2.45) is 17.8 Å². The van der Waals surface area contributed by atoms with E-state index in [1.165, 1.54) is 0 Å². The molecule has 8 heteroatoms. The lowest BCUT2D eigenvalue weighted by Crippen LogP contribution is -2.60. The molecule has 0 saturated carbocycles. The van der Waals surface area contributed by atoms with Crippen molar-refractivity contribution < 1.29 is 24.2 Å².